The number of benzene rings is 1. The molecule has 0 aliphatic heterocycles. The Labute approximate surface area is 102 Å². The molecule has 1 aromatic rings. The van der Waals surface area contributed by atoms with Gasteiger partial charge in [0.05, 0.1) is 6.42 Å². The molecular formula is C14H20N2O. The van der Waals surface area contributed by atoms with Crippen molar-refractivity contribution in [3.63, 3.8) is 0 Å². The van der Waals surface area contributed by atoms with Gasteiger partial charge in [-0.25, -0.2) is 0 Å². The highest BCUT2D eigenvalue weighted by molar-refractivity contribution is 5.78. The Morgan fingerprint density at radius 2 is 1.88 bits per heavy atom. The number of hydrogen-bond acceptors (Lipinski definition) is 2. The maximum Gasteiger partial charge on any atom is 0.224 e. The third-order valence-corrected chi connectivity index (χ3v) is 3.44. The van der Waals surface area contributed by atoms with E-state index < -0.39 is 0 Å². The molecule has 0 aromatic heterocycles. The molecule has 17 heavy (non-hydrogen) atoms. The molecule has 1 amide bonds. The fraction of sp³-hybridized carbons (Fsp3) is 0.500. The smallest absolute Gasteiger partial charge is 0.224 e. The number of carbonyl (C=O) groups excluding carboxylic acids is 1. The Balaban J connectivity index is 1.80. The number of hydrogen-bond donors (Lipinski definition) is 2. The summed E-state index contributed by atoms with van der Waals surface area (Å²) in [5.74, 6) is 0.110. The molecule has 3 N–H and O–H groups in total. The predicted octanol–water partition coefficient (Wildman–Crippen LogP) is 1.60. The van der Waals surface area contributed by atoms with Gasteiger partial charge in [0.15, 0.2) is 0 Å². The predicted molar refractivity (Wildman–Crippen MR) is 68.4 cm³/mol. The summed E-state index contributed by atoms with van der Waals surface area (Å²) in [6.45, 7) is 3.57. The third-order valence-electron chi connectivity index (χ3n) is 3.44. The first-order valence-corrected chi connectivity index (χ1v) is 6.16. The lowest BCUT2D eigenvalue weighted by molar-refractivity contribution is -0.120. The van der Waals surface area contributed by atoms with E-state index in [1.165, 1.54) is 12.8 Å². The van der Waals surface area contributed by atoms with Crippen LogP contribution in [0, 0.1) is 5.41 Å². The molecule has 1 fully saturated rings. The SMILES string of the molecule is CC1(CNC(=O)Cc2ccc(CN)cc2)CC1. The molecule has 2 rings (SSSR count). The molecule has 0 spiro atoms. The van der Waals surface area contributed by atoms with Gasteiger partial charge in [-0.1, -0.05) is 31.2 Å². The van der Waals surface area contributed by atoms with E-state index in [1.54, 1.807) is 0 Å². The van der Waals surface area contributed by atoms with Crippen LogP contribution in [0.2, 0.25) is 0 Å². The molecule has 92 valence electrons. The van der Waals surface area contributed by atoms with E-state index in [-0.39, 0.29) is 5.91 Å². The Hall–Kier alpha value is -1.35. The lowest BCUT2D eigenvalue weighted by atomic mass is 10.1. The second-order valence-electron chi connectivity index (χ2n) is 5.28. The first-order chi connectivity index (χ1) is 8.11. The maximum absolute atomic E-state index is 11.7. The Bertz CT molecular complexity index is 393. The molecule has 1 aromatic carbocycles. The normalized spacial score (nSPS) is 16.6. The van der Waals surface area contributed by atoms with E-state index in [0.717, 1.165) is 17.7 Å². The number of rotatable bonds is 5. The lowest BCUT2D eigenvalue weighted by Crippen LogP contribution is -2.30. The molecule has 0 saturated heterocycles. The van der Waals surface area contributed by atoms with Gasteiger partial charge in [-0.2, -0.15) is 0 Å². The zero-order valence-corrected chi connectivity index (χ0v) is 10.3. The summed E-state index contributed by atoms with van der Waals surface area (Å²) in [6, 6.07) is 7.90. The summed E-state index contributed by atoms with van der Waals surface area (Å²) in [7, 11) is 0. The van der Waals surface area contributed by atoms with Gasteiger partial charge in [-0.3, -0.25) is 4.79 Å². The molecule has 0 unspecified atom stereocenters. The van der Waals surface area contributed by atoms with E-state index >= 15 is 0 Å². The highest BCUT2D eigenvalue weighted by atomic mass is 16.1. The Kier molecular flexibility index (Phi) is 3.48. The minimum atomic E-state index is 0.110. The molecule has 1 saturated carbocycles. The topological polar surface area (TPSA) is 55.1 Å². The van der Waals surface area contributed by atoms with Crippen LogP contribution in [0.1, 0.15) is 30.9 Å². The van der Waals surface area contributed by atoms with E-state index in [2.05, 4.69) is 12.2 Å². The maximum atomic E-state index is 11.7. The third kappa shape index (κ3) is 3.56. The van der Waals surface area contributed by atoms with Crippen molar-refractivity contribution in [3.8, 4) is 0 Å². The van der Waals surface area contributed by atoms with Crippen LogP contribution in [0.15, 0.2) is 24.3 Å². The standard InChI is InChI=1S/C14H20N2O/c1-14(6-7-14)10-16-13(17)8-11-2-4-12(9-15)5-3-11/h2-5H,6-10,15H2,1H3,(H,16,17). The lowest BCUT2D eigenvalue weighted by Gasteiger charge is -2.10. The highest BCUT2D eigenvalue weighted by Gasteiger charge is 2.37. The Morgan fingerprint density at radius 3 is 2.41 bits per heavy atom. The molecule has 0 radical (unpaired) electrons. The van der Waals surface area contributed by atoms with Crippen molar-refractivity contribution < 1.29 is 4.79 Å². The van der Waals surface area contributed by atoms with Crippen LogP contribution >= 0.6 is 0 Å². The van der Waals surface area contributed by atoms with Crippen molar-refractivity contribution in [2.45, 2.75) is 32.7 Å². The van der Waals surface area contributed by atoms with E-state index in [0.29, 0.717) is 18.4 Å². The van der Waals surface area contributed by atoms with Crippen LogP contribution < -0.4 is 11.1 Å². The van der Waals surface area contributed by atoms with Gasteiger partial charge in [0, 0.05) is 13.1 Å². The zero-order chi connectivity index (χ0) is 12.3. The van der Waals surface area contributed by atoms with Crippen LogP contribution in [0.25, 0.3) is 0 Å². The quantitative estimate of drug-likeness (QED) is 0.810. The molecule has 3 nitrogen and oxygen atoms in total. The number of carbonyl (C=O) groups is 1. The second-order valence-corrected chi connectivity index (χ2v) is 5.28. The van der Waals surface area contributed by atoms with Crippen LogP contribution in [-0.4, -0.2) is 12.5 Å². The average Bonchev–Trinajstić information content (AvgIpc) is 3.07. The second kappa shape index (κ2) is 4.88. The van der Waals surface area contributed by atoms with Crippen molar-refractivity contribution in [1.82, 2.24) is 5.32 Å². The van der Waals surface area contributed by atoms with Crippen LogP contribution in [-0.2, 0) is 17.8 Å². The fourth-order valence-corrected chi connectivity index (χ4v) is 1.74. The van der Waals surface area contributed by atoms with Gasteiger partial charge in [0.2, 0.25) is 5.91 Å². The molecule has 3 heteroatoms. The number of nitrogens with two attached hydrogens (primary N) is 1. The average molecular weight is 232 g/mol. The van der Waals surface area contributed by atoms with Crippen LogP contribution in [0.4, 0.5) is 0 Å². The van der Waals surface area contributed by atoms with Gasteiger partial charge in [-0.15, -0.1) is 0 Å². The molecule has 1 aliphatic carbocycles. The molecule has 0 atom stereocenters. The highest BCUT2D eigenvalue weighted by Crippen LogP contribution is 2.43. The monoisotopic (exact) mass is 232 g/mol. The van der Waals surface area contributed by atoms with Crippen molar-refractivity contribution >= 4 is 5.91 Å². The number of amides is 1. The number of nitrogens with one attached hydrogen (secondary N) is 1. The van der Waals surface area contributed by atoms with Gasteiger partial charge in [0.25, 0.3) is 0 Å². The van der Waals surface area contributed by atoms with E-state index in [9.17, 15) is 4.79 Å². The minimum Gasteiger partial charge on any atom is -0.355 e. The molecule has 1 aliphatic rings. The fourth-order valence-electron chi connectivity index (χ4n) is 1.74. The van der Waals surface area contributed by atoms with Gasteiger partial charge >= 0.3 is 0 Å². The summed E-state index contributed by atoms with van der Waals surface area (Å²) in [5, 5.41) is 3.00. The summed E-state index contributed by atoms with van der Waals surface area (Å²) < 4.78 is 0. The largest absolute Gasteiger partial charge is 0.355 e. The molecule has 0 heterocycles. The summed E-state index contributed by atoms with van der Waals surface area (Å²) in [6.07, 6.45) is 2.93. The van der Waals surface area contributed by atoms with Crippen molar-refractivity contribution in [3.05, 3.63) is 35.4 Å². The summed E-state index contributed by atoms with van der Waals surface area (Å²) >= 11 is 0. The van der Waals surface area contributed by atoms with E-state index in [4.69, 9.17) is 5.73 Å². The first kappa shape index (κ1) is 12.1. The summed E-state index contributed by atoms with van der Waals surface area (Å²) in [4.78, 5) is 11.7. The zero-order valence-electron chi connectivity index (χ0n) is 10.3. The van der Waals surface area contributed by atoms with Crippen LogP contribution in [0.3, 0.4) is 0 Å². The van der Waals surface area contributed by atoms with E-state index in [1.807, 2.05) is 24.3 Å². The Morgan fingerprint density at radius 1 is 1.29 bits per heavy atom. The van der Waals surface area contributed by atoms with Crippen molar-refractivity contribution in [1.29, 1.82) is 0 Å². The van der Waals surface area contributed by atoms with Crippen molar-refractivity contribution in [2.75, 3.05) is 6.54 Å². The van der Waals surface area contributed by atoms with Gasteiger partial charge < -0.3 is 11.1 Å². The van der Waals surface area contributed by atoms with Gasteiger partial charge in [-0.05, 0) is 29.4 Å². The van der Waals surface area contributed by atoms with Crippen molar-refractivity contribution in [2.24, 2.45) is 11.1 Å². The minimum absolute atomic E-state index is 0.110. The molecule has 0 bridgehead atoms. The van der Waals surface area contributed by atoms with Crippen LogP contribution in [0.5, 0.6) is 0 Å². The van der Waals surface area contributed by atoms with Gasteiger partial charge in [0.1, 0.15) is 0 Å². The molecular weight excluding hydrogens is 212 g/mol. The first-order valence-electron chi connectivity index (χ1n) is 6.16. The summed E-state index contributed by atoms with van der Waals surface area (Å²) in [5.41, 5.74) is 8.04.